The topological polar surface area (TPSA) is 47.8 Å². The van der Waals surface area contributed by atoms with Crippen LogP contribution in [0.3, 0.4) is 0 Å². The quantitative estimate of drug-likeness (QED) is 0.814. The number of ketones is 1. The zero-order valence-corrected chi connectivity index (χ0v) is 12.5. The molecule has 0 aliphatic rings. The lowest BCUT2D eigenvalue weighted by atomic mass is 10.1. The van der Waals surface area contributed by atoms with Gasteiger partial charge in [0, 0.05) is 25.2 Å². The fourth-order valence-corrected chi connectivity index (χ4v) is 2.47. The molecule has 100 valence electrons. The highest BCUT2D eigenvalue weighted by Crippen LogP contribution is 2.23. The van der Waals surface area contributed by atoms with Crippen LogP contribution in [0.2, 0.25) is 15.2 Å². The lowest BCUT2D eigenvalue weighted by molar-refractivity contribution is 0.0988. The molecule has 0 saturated carbocycles. The highest BCUT2D eigenvalue weighted by Gasteiger charge is 2.19. The highest BCUT2D eigenvalue weighted by atomic mass is 35.5. The summed E-state index contributed by atoms with van der Waals surface area (Å²) in [7, 11) is 1.72. The van der Waals surface area contributed by atoms with Gasteiger partial charge >= 0.3 is 0 Å². The number of hydrogen-bond acceptors (Lipinski definition) is 3. The molecule has 0 amide bonds. The van der Waals surface area contributed by atoms with E-state index in [1.165, 1.54) is 16.9 Å². The minimum absolute atomic E-state index is 0.104. The van der Waals surface area contributed by atoms with E-state index in [0.29, 0.717) is 21.4 Å². The van der Waals surface area contributed by atoms with Crippen molar-refractivity contribution in [2.24, 2.45) is 7.05 Å². The van der Waals surface area contributed by atoms with Crippen molar-refractivity contribution in [2.75, 3.05) is 0 Å². The molecule has 2 heterocycles. The molecule has 0 aliphatic carbocycles. The van der Waals surface area contributed by atoms with Gasteiger partial charge in [0.2, 0.25) is 0 Å². The first-order valence-corrected chi connectivity index (χ1v) is 6.55. The van der Waals surface area contributed by atoms with Gasteiger partial charge in [-0.05, 0) is 13.0 Å². The Morgan fingerprint density at radius 2 is 2.05 bits per heavy atom. The van der Waals surface area contributed by atoms with Gasteiger partial charge in [-0.15, -0.1) is 0 Å². The van der Waals surface area contributed by atoms with E-state index >= 15 is 0 Å². The van der Waals surface area contributed by atoms with E-state index < -0.39 is 0 Å². The maximum Gasteiger partial charge on any atom is 0.187 e. The number of aromatic nitrogens is 3. The van der Waals surface area contributed by atoms with Gasteiger partial charge in [-0.3, -0.25) is 9.48 Å². The fourth-order valence-electron chi connectivity index (χ4n) is 1.74. The molecule has 0 N–H and O–H groups in total. The van der Waals surface area contributed by atoms with Crippen molar-refractivity contribution in [2.45, 2.75) is 13.3 Å². The normalized spacial score (nSPS) is 10.8. The standard InChI is InChI=1S/C12H10Cl3N3O/c1-6-8(12(15)18(2)17-6)4-10(19)11-9(14)3-7(13)5-16-11/h3,5H,4H2,1-2H3. The SMILES string of the molecule is Cc1nn(C)c(Cl)c1CC(=O)c1ncc(Cl)cc1Cl. The predicted molar refractivity (Wildman–Crippen MR) is 75.2 cm³/mol. The van der Waals surface area contributed by atoms with Gasteiger partial charge < -0.3 is 0 Å². The van der Waals surface area contributed by atoms with Crippen molar-refractivity contribution in [1.82, 2.24) is 14.8 Å². The largest absolute Gasteiger partial charge is 0.292 e. The molecule has 2 aromatic rings. The molecule has 2 rings (SSSR count). The Kier molecular flexibility index (Phi) is 4.13. The number of aryl methyl sites for hydroxylation is 2. The summed E-state index contributed by atoms with van der Waals surface area (Å²) in [5.74, 6) is -0.223. The summed E-state index contributed by atoms with van der Waals surface area (Å²) in [6, 6.07) is 1.49. The highest BCUT2D eigenvalue weighted by molar-refractivity contribution is 6.36. The number of hydrogen-bond donors (Lipinski definition) is 0. The molecule has 0 aromatic carbocycles. The second-order valence-electron chi connectivity index (χ2n) is 4.06. The van der Waals surface area contributed by atoms with Crippen LogP contribution in [0.5, 0.6) is 0 Å². The molecular formula is C12H10Cl3N3O. The Hall–Kier alpha value is -1.10. The molecule has 2 aromatic heterocycles. The van der Waals surface area contributed by atoms with Crippen LogP contribution in [-0.2, 0) is 13.5 Å². The van der Waals surface area contributed by atoms with Gasteiger partial charge in [-0.1, -0.05) is 34.8 Å². The summed E-state index contributed by atoms with van der Waals surface area (Å²) < 4.78 is 1.52. The van der Waals surface area contributed by atoms with Crippen LogP contribution in [0.4, 0.5) is 0 Å². The number of Topliss-reactive ketones (excluding diaryl/α,β-unsaturated/α-hetero) is 1. The predicted octanol–water partition coefficient (Wildman–Crippen LogP) is 3.51. The number of carbonyl (C=O) groups excluding carboxylic acids is 1. The first kappa shape index (κ1) is 14.3. The van der Waals surface area contributed by atoms with Gasteiger partial charge in [0.1, 0.15) is 10.8 Å². The molecule has 0 aliphatic heterocycles. The lowest BCUT2D eigenvalue weighted by Gasteiger charge is -2.03. The maximum absolute atomic E-state index is 12.2. The third-order valence-corrected chi connectivity index (χ3v) is 3.65. The summed E-state index contributed by atoms with van der Waals surface area (Å²) in [5, 5.41) is 5.21. The summed E-state index contributed by atoms with van der Waals surface area (Å²) in [6.07, 6.45) is 1.49. The first-order chi connectivity index (χ1) is 8.90. The van der Waals surface area contributed by atoms with Crippen LogP contribution in [0.15, 0.2) is 12.3 Å². The summed E-state index contributed by atoms with van der Waals surface area (Å²) in [5.41, 5.74) is 1.58. The van der Waals surface area contributed by atoms with Crippen molar-refractivity contribution >= 4 is 40.6 Å². The number of nitrogens with zero attached hydrogens (tertiary/aromatic N) is 3. The van der Waals surface area contributed by atoms with Gasteiger partial charge in [0.25, 0.3) is 0 Å². The van der Waals surface area contributed by atoms with Gasteiger partial charge in [-0.2, -0.15) is 5.10 Å². The van der Waals surface area contributed by atoms with Crippen molar-refractivity contribution in [1.29, 1.82) is 0 Å². The second-order valence-corrected chi connectivity index (χ2v) is 5.26. The van der Waals surface area contributed by atoms with Crippen molar-refractivity contribution < 1.29 is 4.79 Å². The van der Waals surface area contributed by atoms with Crippen molar-refractivity contribution in [3.05, 3.63) is 44.4 Å². The minimum Gasteiger partial charge on any atom is -0.292 e. The minimum atomic E-state index is -0.223. The summed E-state index contributed by atoms with van der Waals surface area (Å²) in [6.45, 7) is 1.80. The smallest absolute Gasteiger partial charge is 0.187 e. The van der Waals surface area contributed by atoms with Gasteiger partial charge in [0.05, 0.1) is 15.7 Å². The number of rotatable bonds is 3. The van der Waals surface area contributed by atoms with E-state index in [1.807, 2.05) is 0 Å². The number of halogens is 3. The second kappa shape index (κ2) is 5.49. The Balaban J connectivity index is 2.31. The van der Waals surface area contributed by atoms with E-state index in [1.54, 1.807) is 14.0 Å². The molecular weight excluding hydrogens is 309 g/mol. The first-order valence-electron chi connectivity index (χ1n) is 5.42. The monoisotopic (exact) mass is 317 g/mol. The van der Waals surface area contributed by atoms with E-state index in [2.05, 4.69) is 10.1 Å². The molecule has 0 radical (unpaired) electrons. The molecule has 4 nitrogen and oxygen atoms in total. The van der Waals surface area contributed by atoms with Gasteiger partial charge in [-0.25, -0.2) is 4.98 Å². The average Bonchev–Trinajstić information content (AvgIpc) is 2.56. The molecule has 0 bridgehead atoms. The molecule has 0 spiro atoms. The van der Waals surface area contributed by atoms with Gasteiger partial charge in [0.15, 0.2) is 5.78 Å². The summed E-state index contributed by atoms with van der Waals surface area (Å²) in [4.78, 5) is 16.1. The molecule has 0 fully saturated rings. The van der Waals surface area contributed by atoms with Crippen LogP contribution >= 0.6 is 34.8 Å². The van der Waals surface area contributed by atoms with Crippen LogP contribution in [0.1, 0.15) is 21.7 Å². The van der Waals surface area contributed by atoms with Crippen molar-refractivity contribution in [3.63, 3.8) is 0 Å². The molecule has 0 saturated heterocycles. The van der Waals surface area contributed by atoms with Crippen LogP contribution < -0.4 is 0 Å². The zero-order chi connectivity index (χ0) is 14.2. The van der Waals surface area contributed by atoms with Crippen LogP contribution in [0, 0.1) is 6.92 Å². The third kappa shape index (κ3) is 2.91. The Morgan fingerprint density at radius 1 is 1.37 bits per heavy atom. The Bertz CT molecular complexity index is 652. The zero-order valence-electron chi connectivity index (χ0n) is 10.2. The Morgan fingerprint density at radius 3 is 2.58 bits per heavy atom. The lowest BCUT2D eigenvalue weighted by Crippen LogP contribution is -2.07. The maximum atomic E-state index is 12.2. The van der Waals surface area contributed by atoms with E-state index in [-0.39, 0.29) is 22.9 Å². The molecule has 0 atom stereocenters. The van der Waals surface area contributed by atoms with Crippen LogP contribution in [-0.4, -0.2) is 20.5 Å². The average molecular weight is 319 g/mol. The van der Waals surface area contributed by atoms with E-state index in [0.717, 1.165) is 0 Å². The molecule has 7 heteroatoms. The molecule has 0 unspecified atom stereocenters. The summed E-state index contributed by atoms with van der Waals surface area (Å²) >= 11 is 17.8. The van der Waals surface area contributed by atoms with Crippen LogP contribution in [0.25, 0.3) is 0 Å². The third-order valence-electron chi connectivity index (χ3n) is 2.68. The van der Waals surface area contributed by atoms with Crippen molar-refractivity contribution in [3.8, 4) is 0 Å². The number of carbonyl (C=O) groups is 1. The fraction of sp³-hybridized carbons (Fsp3) is 0.250. The van der Waals surface area contributed by atoms with E-state index in [4.69, 9.17) is 34.8 Å². The number of pyridine rings is 1. The molecule has 19 heavy (non-hydrogen) atoms. The Labute approximate surface area is 125 Å². The van der Waals surface area contributed by atoms with E-state index in [9.17, 15) is 4.79 Å².